The van der Waals surface area contributed by atoms with Crippen LogP contribution in [-0.4, -0.2) is 32.3 Å². The minimum atomic E-state index is -0.386. The van der Waals surface area contributed by atoms with Gasteiger partial charge in [0, 0.05) is 40.0 Å². The van der Waals surface area contributed by atoms with E-state index in [4.69, 9.17) is 14.2 Å². The molecule has 0 spiro atoms. The molecule has 0 saturated carbocycles. The molecule has 0 radical (unpaired) electrons. The molecule has 7 nitrogen and oxygen atoms in total. The second-order valence-electron chi connectivity index (χ2n) is 6.84. The molecule has 0 saturated heterocycles. The van der Waals surface area contributed by atoms with Gasteiger partial charge in [-0.2, -0.15) is 0 Å². The van der Waals surface area contributed by atoms with E-state index >= 15 is 0 Å². The second-order valence-corrected chi connectivity index (χ2v) is 6.84. The van der Waals surface area contributed by atoms with Gasteiger partial charge in [0.05, 0.1) is 27.0 Å². The first kappa shape index (κ1) is 20.2. The smallest absolute Gasteiger partial charge is 0.323 e. The number of H-pyrrole nitrogens is 1. The lowest BCUT2D eigenvalue weighted by molar-refractivity contribution is 0.262. The number of amides is 2. The zero-order valence-corrected chi connectivity index (χ0v) is 17.5. The van der Waals surface area contributed by atoms with Gasteiger partial charge in [-0.25, -0.2) is 4.79 Å². The molecule has 0 aliphatic rings. The SMILES string of the molecule is COc1cc(NC(=O)Nc2cccc(-c3cc4ccccc4[nH]3)c2)cc(OC)c1OC. The van der Waals surface area contributed by atoms with E-state index in [1.54, 1.807) is 12.1 Å². The van der Waals surface area contributed by atoms with Gasteiger partial charge >= 0.3 is 6.03 Å². The topological polar surface area (TPSA) is 84.6 Å². The third-order valence-corrected chi connectivity index (χ3v) is 4.88. The van der Waals surface area contributed by atoms with Crippen LogP contribution in [0.2, 0.25) is 0 Å². The van der Waals surface area contributed by atoms with Crippen molar-refractivity contribution >= 4 is 28.3 Å². The summed E-state index contributed by atoms with van der Waals surface area (Å²) in [5.41, 5.74) is 4.20. The molecule has 1 heterocycles. The van der Waals surface area contributed by atoms with Gasteiger partial charge in [0.25, 0.3) is 0 Å². The third-order valence-electron chi connectivity index (χ3n) is 4.88. The first-order chi connectivity index (χ1) is 15.1. The molecule has 7 heteroatoms. The van der Waals surface area contributed by atoms with E-state index in [0.29, 0.717) is 28.6 Å². The predicted octanol–water partition coefficient (Wildman–Crippen LogP) is 5.50. The molecule has 4 rings (SSSR count). The van der Waals surface area contributed by atoms with Crippen LogP contribution in [0.4, 0.5) is 16.2 Å². The Morgan fingerprint density at radius 3 is 2.16 bits per heavy atom. The maximum atomic E-state index is 12.6. The van der Waals surface area contributed by atoms with Crippen LogP contribution in [0.1, 0.15) is 0 Å². The van der Waals surface area contributed by atoms with Crippen molar-refractivity contribution in [2.45, 2.75) is 0 Å². The molecule has 4 aromatic rings. The molecule has 0 aliphatic heterocycles. The van der Waals surface area contributed by atoms with Crippen LogP contribution in [-0.2, 0) is 0 Å². The van der Waals surface area contributed by atoms with E-state index in [1.165, 1.54) is 21.3 Å². The molecule has 31 heavy (non-hydrogen) atoms. The maximum absolute atomic E-state index is 12.6. The molecule has 0 bridgehead atoms. The van der Waals surface area contributed by atoms with Crippen molar-refractivity contribution in [2.75, 3.05) is 32.0 Å². The molecule has 2 amide bonds. The van der Waals surface area contributed by atoms with Gasteiger partial charge in [-0.3, -0.25) is 0 Å². The molecular weight excluding hydrogens is 394 g/mol. The summed E-state index contributed by atoms with van der Waals surface area (Å²) in [5, 5.41) is 6.79. The van der Waals surface area contributed by atoms with E-state index in [1.807, 2.05) is 42.5 Å². The Kier molecular flexibility index (Phi) is 5.66. The van der Waals surface area contributed by atoms with Crippen LogP contribution in [0.25, 0.3) is 22.2 Å². The van der Waals surface area contributed by atoms with Crippen molar-refractivity contribution < 1.29 is 19.0 Å². The van der Waals surface area contributed by atoms with Crippen molar-refractivity contribution in [3.8, 4) is 28.5 Å². The van der Waals surface area contributed by atoms with E-state index in [9.17, 15) is 4.79 Å². The number of fused-ring (bicyclic) bond motifs is 1. The number of aromatic nitrogens is 1. The number of aromatic amines is 1. The Morgan fingerprint density at radius 2 is 1.48 bits per heavy atom. The summed E-state index contributed by atoms with van der Waals surface area (Å²) in [6, 6.07) is 20.8. The van der Waals surface area contributed by atoms with E-state index < -0.39 is 0 Å². The van der Waals surface area contributed by atoms with Crippen LogP contribution in [0.5, 0.6) is 17.2 Å². The predicted molar refractivity (Wildman–Crippen MR) is 122 cm³/mol. The number of ether oxygens (including phenoxy) is 3. The molecule has 0 unspecified atom stereocenters. The monoisotopic (exact) mass is 417 g/mol. The number of methoxy groups -OCH3 is 3. The first-order valence-electron chi connectivity index (χ1n) is 9.67. The standard InChI is InChI=1S/C24H23N3O4/c1-29-21-13-18(14-22(30-2)23(21)31-3)26-24(28)25-17-9-6-8-15(11-17)20-12-16-7-4-5-10-19(16)27-20/h4-14,27H,1-3H3,(H2,25,26,28). The van der Waals surface area contributed by atoms with Crippen LogP contribution in [0.15, 0.2) is 66.7 Å². The van der Waals surface area contributed by atoms with E-state index in [2.05, 4.69) is 27.8 Å². The molecule has 3 aromatic carbocycles. The lowest BCUT2D eigenvalue weighted by Gasteiger charge is -2.15. The van der Waals surface area contributed by atoms with E-state index in [0.717, 1.165) is 22.2 Å². The fourth-order valence-corrected chi connectivity index (χ4v) is 3.44. The highest BCUT2D eigenvalue weighted by molar-refractivity contribution is 6.00. The Balaban J connectivity index is 1.52. The van der Waals surface area contributed by atoms with Crippen LogP contribution in [0.3, 0.4) is 0 Å². The molecule has 1 aromatic heterocycles. The van der Waals surface area contributed by atoms with Crippen LogP contribution in [0, 0.1) is 0 Å². The molecule has 0 fully saturated rings. The van der Waals surface area contributed by atoms with Crippen molar-refractivity contribution in [1.29, 1.82) is 0 Å². The quantitative estimate of drug-likeness (QED) is 0.386. The number of carbonyl (C=O) groups excluding carboxylic acids is 1. The minimum Gasteiger partial charge on any atom is -0.493 e. The minimum absolute atomic E-state index is 0.386. The van der Waals surface area contributed by atoms with Gasteiger partial charge in [-0.05, 0) is 24.3 Å². The second kappa shape index (κ2) is 8.71. The lowest BCUT2D eigenvalue weighted by atomic mass is 10.1. The Hall–Kier alpha value is -4.13. The fraction of sp³-hybridized carbons (Fsp3) is 0.125. The first-order valence-corrected chi connectivity index (χ1v) is 9.67. The zero-order chi connectivity index (χ0) is 21.8. The van der Waals surface area contributed by atoms with E-state index in [-0.39, 0.29) is 6.03 Å². The van der Waals surface area contributed by atoms with Gasteiger partial charge < -0.3 is 29.8 Å². The van der Waals surface area contributed by atoms with Crippen molar-refractivity contribution in [1.82, 2.24) is 4.98 Å². The number of nitrogens with one attached hydrogen (secondary N) is 3. The average Bonchev–Trinajstić information content (AvgIpc) is 3.23. The van der Waals surface area contributed by atoms with Gasteiger partial charge in [-0.15, -0.1) is 0 Å². The molecular formula is C24H23N3O4. The zero-order valence-electron chi connectivity index (χ0n) is 17.5. The highest BCUT2D eigenvalue weighted by atomic mass is 16.5. The molecule has 0 atom stereocenters. The van der Waals surface area contributed by atoms with Crippen molar-refractivity contribution in [3.63, 3.8) is 0 Å². The third kappa shape index (κ3) is 4.25. The lowest BCUT2D eigenvalue weighted by Crippen LogP contribution is -2.19. The van der Waals surface area contributed by atoms with Gasteiger partial charge in [0.1, 0.15) is 0 Å². The fourth-order valence-electron chi connectivity index (χ4n) is 3.44. The van der Waals surface area contributed by atoms with Crippen LogP contribution >= 0.6 is 0 Å². The maximum Gasteiger partial charge on any atom is 0.323 e. The number of rotatable bonds is 6. The summed E-state index contributed by atoms with van der Waals surface area (Å²) >= 11 is 0. The Morgan fingerprint density at radius 1 is 0.774 bits per heavy atom. The number of urea groups is 1. The molecule has 158 valence electrons. The number of carbonyl (C=O) groups is 1. The number of hydrogen-bond acceptors (Lipinski definition) is 4. The largest absolute Gasteiger partial charge is 0.493 e. The number of para-hydroxylation sites is 1. The average molecular weight is 417 g/mol. The van der Waals surface area contributed by atoms with Crippen LogP contribution < -0.4 is 24.8 Å². The Bertz CT molecular complexity index is 1170. The normalized spacial score (nSPS) is 10.5. The highest BCUT2D eigenvalue weighted by Crippen LogP contribution is 2.40. The Labute approximate surface area is 179 Å². The number of hydrogen-bond donors (Lipinski definition) is 3. The number of benzene rings is 3. The summed E-state index contributed by atoms with van der Waals surface area (Å²) in [6.07, 6.45) is 0. The van der Waals surface area contributed by atoms with Crippen molar-refractivity contribution in [3.05, 3.63) is 66.7 Å². The van der Waals surface area contributed by atoms with Gasteiger partial charge in [0.15, 0.2) is 11.5 Å². The van der Waals surface area contributed by atoms with Gasteiger partial charge in [-0.1, -0.05) is 30.3 Å². The summed E-state index contributed by atoms with van der Waals surface area (Å²) in [7, 11) is 4.58. The summed E-state index contributed by atoms with van der Waals surface area (Å²) < 4.78 is 16.0. The summed E-state index contributed by atoms with van der Waals surface area (Å²) in [4.78, 5) is 16.0. The number of anilines is 2. The van der Waals surface area contributed by atoms with Gasteiger partial charge in [0.2, 0.25) is 5.75 Å². The molecule has 3 N–H and O–H groups in total. The molecule has 0 aliphatic carbocycles. The van der Waals surface area contributed by atoms with Crippen molar-refractivity contribution in [2.24, 2.45) is 0 Å². The highest BCUT2D eigenvalue weighted by Gasteiger charge is 2.14. The summed E-state index contributed by atoms with van der Waals surface area (Å²) in [6.45, 7) is 0. The summed E-state index contributed by atoms with van der Waals surface area (Å²) in [5.74, 6) is 1.37.